The highest BCUT2D eigenvalue weighted by atomic mass is 32.1. The van der Waals surface area contributed by atoms with Crippen molar-refractivity contribution in [2.45, 2.75) is 0 Å². The predicted molar refractivity (Wildman–Crippen MR) is 222 cm³/mol. The zero-order valence-corrected chi connectivity index (χ0v) is 28.7. The molecule has 0 aliphatic rings. The van der Waals surface area contributed by atoms with Crippen LogP contribution < -0.4 is 0 Å². The topological polar surface area (TPSA) is 0 Å². The highest BCUT2D eigenvalue weighted by Crippen LogP contribution is 2.47. The Morgan fingerprint density at radius 2 is 0.706 bits per heavy atom. The van der Waals surface area contributed by atoms with Gasteiger partial charge in [-0.05, 0) is 106 Å². The summed E-state index contributed by atoms with van der Waals surface area (Å²) < 4.78 is 0. The summed E-state index contributed by atoms with van der Waals surface area (Å²) in [5.74, 6) is 0. The van der Waals surface area contributed by atoms with Crippen molar-refractivity contribution >= 4 is 54.4 Å². The molecular weight excluding hydrogens is 633 g/mol. The van der Waals surface area contributed by atoms with Crippen LogP contribution in [0.25, 0.3) is 97.4 Å². The molecule has 10 rings (SSSR count). The molecule has 9 aromatic carbocycles. The van der Waals surface area contributed by atoms with Gasteiger partial charge in [-0.2, -0.15) is 0 Å². The largest absolute Gasteiger partial charge is 0.135 e. The van der Waals surface area contributed by atoms with E-state index in [2.05, 4.69) is 194 Å². The minimum atomic E-state index is 1.23. The van der Waals surface area contributed by atoms with Crippen molar-refractivity contribution in [3.05, 3.63) is 194 Å². The monoisotopic (exact) mass is 664 g/mol. The van der Waals surface area contributed by atoms with Crippen molar-refractivity contribution in [2.75, 3.05) is 0 Å². The lowest BCUT2D eigenvalue weighted by molar-refractivity contribution is 1.65. The molecule has 0 bridgehead atoms. The summed E-state index contributed by atoms with van der Waals surface area (Å²) in [7, 11) is 0. The first-order chi connectivity index (χ1) is 25.3. The third-order valence-electron chi connectivity index (χ3n) is 10.3. The summed E-state index contributed by atoms with van der Waals surface area (Å²) in [6.07, 6.45) is 0. The van der Waals surface area contributed by atoms with Gasteiger partial charge in [-0.25, -0.2) is 0 Å². The molecular formula is C50H32S. The molecule has 0 radical (unpaired) electrons. The Kier molecular flexibility index (Phi) is 7.11. The Morgan fingerprint density at radius 3 is 1.41 bits per heavy atom. The molecule has 0 saturated carbocycles. The Morgan fingerprint density at radius 1 is 0.255 bits per heavy atom. The van der Waals surface area contributed by atoms with E-state index in [0.717, 1.165) is 0 Å². The van der Waals surface area contributed by atoms with Crippen molar-refractivity contribution in [1.82, 2.24) is 0 Å². The van der Waals surface area contributed by atoms with Gasteiger partial charge in [-0.1, -0.05) is 176 Å². The van der Waals surface area contributed by atoms with Crippen molar-refractivity contribution in [1.29, 1.82) is 0 Å². The first-order valence-corrected chi connectivity index (χ1v) is 18.3. The molecule has 1 heterocycles. The van der Waals surface area contributed by atoms with Gasteiger partial charge in [-0.3, -0.25) is 0 Å². The molecule has 51 heavy (non-hydrogen) atoms. The fourth-order valence-corrected chi connectivity index (χ4v) is 9.03. The van der Waals surface area contributed by atoms with Crippen LogP contribution in [-0.2, 0) is 0 Å². The summed E-state index contributed by atoms with van der Waals surface area (Å²) in [5.41, 5.74) is 10.1. The van der Waals surface area contributed by atoms with Crippen LogP contribution in [0.5, 0.6) is 0 Å². The average molecular weight is 665 g/mol. The van der Waals surface area contributed by atoms with Gasteiger partial charge < -0.3 is 0 Å². The van der Waals surface area contributed by atoms with Gasteiger partial charge in [0.15, 0.2) is 0 Å². The lowest BCUT2D eigenvalue weighted by Crippen LogP contribution is -1.93. The molecule has 238 valence electrons. The van der Waals surface area contributed by atoms with E-state index in [0.29, 0.717) is 0 Å². The first kappa shape index (κ1) is 29.6. The molecule has 0 atom stereocenters. The Hall–Kier alpha value is -6.28. The average Bonchev–Trinajstić information content (AvgIpc) is 3.71. The second kappa shape index (κ2) is 12.2. The SMILES string of the molecule is c1ccc(-c2ccc(-c3cccc(-c4c5ccccc5c(-c5ccc(-c6cccc7ccccc67)c6ccccc56)c5ccccc45)c3)s2)cc1. The van der Waals surface area contributed by atoms with Gasteiger partial charge in [0.2, 0.25) is 0 Å². The third-order valence-corrected chi connectivity index (χ3v) is 11.5. The van der Waals surface area contributed by atoms with E-state index in [1.165, 1.54) is 97.4 Å². The maximum atomic E-state index is 2.38. The molecule has 0 amide bonds. The Labute approximate surface area is 301 Å². The standard InChI is InChI=1S/C50H32S/c1-2-15-34(16-3-1)47-30-31-48(51-47)35-18-12-19-36(32-35)49-42-23-8-10-25-44(42)50(45-26-11-9-24-43(45)49)46-29-28-41(39-21-6-7-22-40(39)46)38-27-13-17-33-14-4-5-20-37(33)38/h1-32H. The van der Waals surface area contributed by atoms with E-state index in [-0.39, 0.29) is 0 Å². The maximum Gasteiger partial charge on any atom is 0.0349 e. The van der Waals surface area contributed by atoms with Crippen LogP contribution in [-0.4, -0.2) is 0 Å². The number of hydrogen-bond donors (Lipinski definition) is 0. The normalized spacial score (nSPS) is 11.5. The van der Waals surface area contributed by atoms with Crippen LogP contribution in [0.4, 0.5) is 0 Å². The van der Waals surface area contributed by atoms with Crippen LogP contribution in [0.2, 0.25) is 0 Å². The minimum absolute atomic E-state index is 1.23. The number of benzene rings is 9. The third kappa shape index (κ3) is 4.97. The van der Waals surface area contributed by atoms with Gasteiger partial charge in [0.05, 0.1) is 0 Å². The zero-order valence-electron chi connectivity index (χ0n) is 27.9. The molecule has 0 N–H and O–H groups in total. The zero-order chi connectivity index (χ0) is 33.7. The van der Waals surface area contributed by atoms with Gasteiger partial charge in [0.1, 0.15) is 0 Å². The van der Waals surface area contributed by atoms with E-state index >= 15 is 0 Å². The van der Waals surface area contributed by atoms with Crippen LogP contribution in [0, 0.1) is 0 Å². The number of hydrogen-bond acceptors (Lipinski definition) is 1. The summed E-state index contributed by atoms with van der Waals surface area (Å²) in [6.45, 7) is 0. The number of thiophene rings is 1. The highest BCUT2D eigenvalue weighted by Gasteiger charge is 2.20. The van der Waals surface area contributed by atoms with Crippen LogP contribution in [0.15, 0.2) is 194 Å². The van der Waals surface area contributed by atoms with Gasteiger partial charge in [-0.15, -0.1) is 11.3 Å². The van der Waals surface area contributed by atoms with Crippen molar-refractivity contribution in [3.63, 3.8) is 0 Å². The van der Waals surface area contributed by atoms with Crippen molar-refractivity contribution in [3.8, 4) is 54.3 Å². The first-order valence-electron chi connectivity index (χ1n) is 17.5. The molecule has 0 nitrogen and oxygen atoms in total. The molecule has 0 unspecified atom stereocenters. The summed E-state index contributed by atoms with van der Waals surface area (Å²) in [6, 6.07) is 71.2. The van der Waals surface area contributed by atoms with Crippen LogP contribution in [0.3, 0.4) is 0 Å². The fraction of sp³-hybridized carbons (Fsp3) is 0. The number of rotatable bonds is 5. The molecule has 1 aromatic heterocycles. The lowest BCUT2D eigenvalue weighted by Gasteiger charge is -2.20. The lowest BCUT2D eigenvalue weighted by atomic mass is 9.83. The highest BCUT2D eigenvalue weighted by molar-refractivity contribution is 7.18. The minimum Gasteiger partial charge on any atom is -0.135 e. The van der Waals surface area contributed by atoms with E-state index in [1.807, 2.05) is 11.3 Å². The smallest absolute Gasteiger partial charge is 0.0349 e. The summed E-state index contributed by atoms with van der Waals surface area (Å²) in [4.78, 5) is 2.56. The van der Waals surface area contributed by atoms with E-state index in [9.17, 15) is 0 Å². The quantitative estimate of drug-likeness (QED) is 0.161. The fourth-order valence-electron chi connectivity index (χ4n) is 8.02. The second-order valence-corrected chi connectivity index (χ2v) is 14.3. The van der Waals surface area contributed by atoms with Crippen molar-refractivity contribution < 1.29 is 0 Å². The molecule has 0 aliphatic heterocycles. The van der Waals surface area contributed by atoms with E-state index in [1.54, 1.807) is 0 Å². The molecule has 0 fully saturated rings. The summed E-state index contributed by atoms with van der Waals surface area (Å²) >= 11 is 1.85. The maximum absolute atomic E-state index is 2.38. The molecule has 10 aromatic rings. The van der Waals surface area contributed by atoms with E-state index in [4.69, 9.17) is 0 Å². The Balaban J connectivity index is 1.19. The molecule has 1 heteroatoms. The Bertz CT molecular complexity index is 2850. The van der Waals surface area contributed by atoms with Gasteiger partial charge >= 0.3 is 0 Å². The predicted octanol–water partition coefficient (Wildman–Crippen LogP) is 14.7. The van der Waals surface area contributed by atoms with Crippen LogP contribution >= 0.6 is 11.3 Å². The van der Waals surface area contributed by atoms with Crippen LogP contribution in [0.1, 0.15) is 0 Å². The van der Waals surface area contributed by atoms with Gasteiger partial charge in [0.25, 0.3) is 0 Å². The molecule has 0 saturated heterocycles. The van der Waals surface area contributed by atoms with Gasteiger partial charge in [0, 0.05) is 9.75 Å². The van der Waals surface area contributed by atoms with E-state index < -0.39 is 0 Å². The molecule has 0 spiro atoms. The second-order valence-electron chi connectivity index (χ2n) is 13.2. The number of fused-ring (bicyclic) bond motifs is 4. The molecule has 0 aliphatic carbocycles. The van der Waals surface area contributed by atoms with Crippen molar-refractivity contribution in [2.24, 2.45) is 0 Å². The summed E-state index contributed by atoms with van der Waals surface area (Å²) in [5, 5.41) is 10.1.